The Bertz CT molecular complexity index is 1120. The van der Waals surface area contributed by atoms with E-state index < -0.39 is 5.41 Å². The van der Waals surface area contributed by atoms with Crippen LogP contribution in [0.4, 0.5) is 0 Å². The fraction of sp³-hybridized carbons (Fsp3) is 0.308. The normalized spacial score (nSPS) is 14.3. The van der Waals surface area contributed by atoms with Crippen LogP contribution in [0.1, 0.15) is 37.5 Å². The third-order valence-corrected chi connectivity index (χ3v) is 5.97. The van der Waals surface area contributed by atoms with Crippen molar-refractivity contribution < 1.29 is 4.79 Å². The summed E-state index contributed by atoms with van der Waals surface area (Å²) in [6.45, 7) is 7.10. The molecule has 1 heterocycles. The van der Waals surface area contributed by atoms with E-state index in [4.69, 9.17) is 16.6 Å². The number of hydrogen-bond donors (Lipinski definition) is 0. The molecule has 154 valence electrons. The summed E-state index contributed by atoms with van der Waals surface area (Å²) in [7, 11) is 0. The van der Waals surface area contributed by atoms with Gasteiger partial charge in [0.25, 0.3) is 0 Å². The summed E-state index contributed by atoms with van der Waals surface area (Å²) < 4.78 is 0. The summed E-state index contributed by atoms with van der Waals surface area (Å²) in [6.07, 6.45) is 1.66. The van der Waals surface area contributed by atoms with Crippen LogP contribution >= 0.6 is 11.6 Å². The molecule has 0 saturated carbocycles. The van der Waals surface area contributed by atoms with Crippen molar-refractivity contribution in [1.82, 2.24) is 4.90 Å². The first-order chi connectivity index (χ1) is 14.4. The molecule has 0 radical (unpaired) electrons. The Morgan fingerprint density at radius 2 is 1.73 bits per heavy atom. The van der Waals surface area contributed by atoms with Crippen molar-refractivity contribution in [2.75, 3.05) is 13.1 Å². The highest BCUT2D eigenvalue weighted by Crippen LogP contribution is 2.28. The van der Waals surface area contributed by atoms with Crippen LogP contribution in [0.15, 0.2) is 65.7 Å². The van der Waals surface area contributed by atoms with Gasteiger partial charge in [0.1, 0.15) is 5.84 Å². The molecule has 1 amide bonds. The van der Waals surface area contributed by atoms with Crippen LogP contribution in [0.3, 0.4) is 0 Å². The van der Waals surface area contributed by atoms with Crippen LogP contribution in [0.5, 0.6) is 0 Å². The summed E-state index contributed by atoms with van der Waals surface area (Å²) in [5, 5.41) is 3.25. The maximum atomic E-state index is 13.0. The molecule has 1 aliphatic rings. The molecule has 4 rings (SSSR count). The van der Waals surface area contributed by atoms with Crippen LogP contribution < -0.4 is 0 Å². The summed E-state index contributed by atoms with van der Waals surface area (Å²) in [5.41, 5.74) is 2.87. The van der Waals surface area contributed by atoms with Crippen LogP contribution in [-0.2, 0) is 17.6 Å². The number of rotatable bonds is 4. The largest absolute Gasteiger partial charge is 0.294 e. The molecule has 30 heavy (non-hydrogen) atoms. The first-order valence-electron chi connectivity index (χ1n) is 10.5. The molecule has 0 fully saturated rings. The molecule has 0 atom stereocenters. The standard InChI is InChI=1S/C26H27ClN2O/c1-26(2,3)25(30)29-17-16-28-24(29)22-12-7-13-23(27)21(22)15-14-19-10-6-9-18-8-4-5-11-20(18)19/h4-13H,14-17H2,1-3H3. The highest BCUT2D eigenvalue weighted by Gasteiger charge is 2.33. The first-order valence-corrected chi connectivity index (χ1v) is 10.8. The Hall–Kier alpha value is -2.65. The zero-order chi connectivity index (χ0) is 21.3. The van der Waals surface area contributed by atoms with Crippen molar-refractivity contribution in [3.8, 4) is 0 Å². The van der Waals surface area contributed by atoms with E-state index in [1.54, 1.807) is 0 Å². The molecule has 4 heteroatoms. The molecule has 0 spiro atoms. The monoisotopic (exact) mass is 418 g/mol. The maximum Gasteiger partial charge on any atom is 0.233 e. The number of halogens is 1. The summed E-state index contributed by atoms with van der Waals surface area (Å²) in [6, 6.07) is 20.8. The number of fused-ring (bicyclic) bond motifs is 1. The SMILES string of the molecule is CC(C)(C)C(=O)N1CCN=C1c1cccc(Cl)c1CCc1cccc2ccccc12. The average molecular weight is 419 g/mol. The fourth-order valence-corrected chi connectivity index (χ4v) is 4.34. The summed E-state index contributed by atoms with van der Waals surface area (Å²) >= 11 is 6.65. The van der Waals surface area contributed by atoms with E-state index in [-0.39, 0.29) is 5.91 Å². The smallest absolute Gasteiger partial charge is 0.233 e. The van der Waals surface area contributed by atoms with Gasteiger partial charge in [0, 0.05) is 22.5 Å². The number of hydrogen-bond acceptors (Lipinski definition) is 2. The van der Waals surface area contributed by atoms with Gasteiger partial charge in [-0.1, -0.05) is 87.0 Å². The molecule has 1 aliphatic heterocycles. The quantitative estimate of drug-likeness (QED) is 0.518. The number of nitrogens with zero attached hydrogens (tertiary/aromatic N) is 2. The number of benzene rings is 3. The molecule has 0 saturated heterocycles. The van der Waals surface area contributed by atoms with E-state index in [1.807, 2.05) is 43.9 Å². The number of amidine groups is 1. The third-order valence-electron chi connectivity index (χ3n) is 5.61. The average Bonchev–Trinajstić information content (AvgIpc) is 3.21. The highest BCUT2D eigenvalue weighted by atomic mass is 35.5. The minimum atomic E-state index is -0.452. The Morgan fingerprint density at radius 3 is 2.53 bits per heavy atom. The van der Waals surface area contributed by atoms with Gasteiger partial charge in [-0.2, -0.15) is 0 Å². The molecular weight excluding hydrogens is 392 g/mol. The topological polar surface area (TPSA) is 32.7 Å². The lowest BCUT2D eigenvalue weighted by atomic mass is 9.93. The highest BCUT2D eigenvalue weighted by molar-refractivity contribution is 6.32. The molecule has 0 N–H and O–H groups in total. The number of amides is 1. The molecule has 3 nitrogen and oxygen atoms in total. The van der Waals surface area contributed by atoms with E-state index in [0.717, 1.165) is 34.8 Å². The molecule has 3 aromatic rings. The first kappa shape index (κ1) is 20.6. The second-order valence-electron chi connectivity index (χ2n) is 8.82. The predicted molar refractivity (Wildman–Crippen MR) is 125 cm³/mol. The van der Waals surface area contributed by atoms with E-state index in [1.165, 1.54) is 16.3 Å². The maximum absolute atomic E-state index is 13.0. The van der Waals surface area contributed by atoms with Gasteiger partial charge in [-0.15, -0.1) is 0 Å². The van der Waals surface area contributed by atoms with E-state index in [9.17, 15) is 4.79 Å². The van der Waals surface area contributed by atoms with Gasteiger partial charge >= 0.3 is 0 Å². The Kier molecular flexibility index (Phi) is 5.66. The number of aliphatic imine (C=N–C) groups is 1. The van der Waals surface area contributed by atoms with Gasteiger partial charge in [0.15, 0.2) is 0 Å². The number of carbonyl (C=O) groups excluding carboxylic acids is 1. The molecule has 3 aromatic carbocycles. The lowest BCUT2D eigenvalue weighted by molar-refractivity contribution is -0.134. The Labute approximate surface area is 183 Å². The molecule has 0 unspecified atom stereocenters. The number of carbonyl (C=O) groups is 1. The molecule has 0 aromatic heterocycles. The van der Waals surface area contributed by atoms with Crippen LogP contribution in [0.2, 0.25) is 5.02 Å². The van der Waals surface area contributed by atoms with E-state index in [0.29, 0.717) is 13.1 Å². The number of aryl methyl sites for hydroxylation is 1. The van der Waals surface area contributed by atoms with Crippen molar-refractivity contribution in [3.63, 3.8) is 0 Å². The van der Waals surface area contributed by atoms with E-state index in [2.05, 4.69) is 42.5 Å². The van der Waals surface area contributed by atoms with Gasteiger partial charge in [-0.25, -0.2) is 0 Å². The zero-order valence-corrected chi connectivity index (χ0v) is 18.5. The molecule has 0 aliphatic carbocycles. The summed E-state index contributed by atoms with van der Waals surface area (Å²) in [5.74, 6) is 0.851. The van der Waals surface area contributed by atoms with Crippen LogP contribution in [0.25, 0.3) is 10.8 Å². The van der Waals surface area contributed by atoms with E-state index >= 15 is 0 Å². The zero-order valence-electron chi connectivity index (χ0n) is 17.8. The Balaban J connectivity index is 1.66. The van der Waals surface area contributed by atoms with Crippen molar-refractivity contribution >= 4 is 34.1 Å². The fourth-order valence-electron chi connectivity index (χ4n) is 4.07. The lowest BCUT2D eigenvalue weighted by Gasteiger charge is -2.27. The minimum Gasteiger partial charge on any atom is -0.294 e. The van der Waals surface area contributed by atoms with Gasteiger partial charge in [0.2, 0.25) is 5.91 Å². The van der Waals surface area contributed by atoms with Gasteiger partial charge < -0.3 is 0 Å². The van der Waals surface area contributed by atoms with Gasteiger partial charge in [-0.05, 0) is 40.8 Å². The molecule has 0 bridgehead atoms. The van der Waals surface area contributed by atoms with Crippen molar-refractivity contribution in [3.05, 3.63) is 82.4 Å². The minimum absolute atomic E-state index is 0.0960. The second kappa shape index (κ2) is 8.23. The lowest BCUT2D eigenvalue weighted by Crippen LogP contribution is -2.42. The van der Waals surface area contributed by atoms with Crippen molar-refractivity contribution in [2.24, 2.45) is 10.4 Å². The van der Waals surface area contributed by atoms with Crippen molar-refractivity contribution in [2.45, 2.75) is 33.6 Å². The Morgan fingerprint density at radius 1 is 1.00 bits per heavy atom. The molecular formula is C26H27ClN2O. The van der Waals surface area contributed by atoms with Crippen molar-refractivity contribution in [1.29, 1.82) is 0 Å². The van der Waals surface area contributed by atoms with Gasteiger partial charge in [-0.3, -0.25) is 14.7 Å². The second-order valence-corrected chi connectivity index (χ2v) is 9.22. The van der Waals surface area contributed by atoms with Crippen LogP contribution in [-0.4, -0.2) is 29.7 Å². The third kappa shape index (κ3) is 3.99. The summed E-state index contributed by atoms with van der Waals surface area (Å²) in [4.78, 5) is 19.5. The predicted octanol–water partition coefficient (Wildman–Crippen LogP) is 5.91. The van der Waals surface area contributed by atoms with Gasteiger partial charge in [0.05, 0.1) is 6.54 Å². The van der Waals surface area contributed by atoms with Crippen LogP contribution in [0, 0.1) is 5.41 Å².